The van der Waals surface area contributed by atoms with Crippen LogP contribution in [0, 0.1) is 0 Å². The molecule has 1 N–H and O–H groups in total. The maximum atomic E-state index is 12.7. The number of amides is 2. The van der Waals surface area contributed by atoms with E-state index in [4.69, 9.17) is 0 Å². The first-order chi connectivity index (χ1) is 12.7. The van der Waals surface area contributed by atoms with Crippen LogP contribution in [0.5, 0.6) is 0 Å². The molecule has 0 radical (unpaired) electrons. The van der Waals surface area contributed by atoms with Crippen molar-refractivity contribution in [2.75, 3.05) is 18.4 Å². The second kappa shape index (κ2) is 8.40. The number of anilines is 1. The molecule has 0 spiro atoms. The van der Waals surface area contributed by atoms with Gasteiger partial charge in [0.05, 0.1) is 0 Å². The third kappa shape index (κ3) is 4.34. The van der Waals surface area contributed by atoms with Gasteiger partial charge in [-0.3, -0.25) is 9.59 Å². The van der Waals surface area contributed by atoms with Crippen LogP contribution in [0.3, 0.4) is 0 Å². The smallest absolute Gasteiger partial charge is 0.254 e. The van der Waals surface area contributed by atoms with E-state index >= 15 is 0 Å². The van der Waals surface area contributed by atoms with Crippen molar-refractivity contribution in [3.05, 3.63) is 71.7 Å². The molecule has 0 saturated heterocycles. The number of hydrogen-bond donors (Lipinski definition) is 1. The molecule has 2 amide bonds. The van der Waals surface area contributed by atoms with Crippen molar-refractivity contribution in [3.8, 4) is 11.1 Å². The Morgan fingerprint density at radius 2 is 1.73 bits per heavy atom. The zero-order valence-electron chi connectivity index (χ0n) is 14.4. The van der Waals surface area contributed by atoms with E-state index in [1.807, 2.05) is 49.4 Å². The number of aromatic nitrogens is 1. The van der Waals surface area contributed by atoms with E-state index in [1.165, 1.54) is 16.2 Å². The van der Waals surface area contributed by atoms with E-state index in [0.717, 1.165) is 11.1 Å². The van der Waals surface area contributed by atoms with Gasteiger partial charge in [0, 0.05) is 23.7 Å². The van der Waals surface area contributed by atoms with Gasteiger partial charge in [0.2, 0.25) is 5.91 Å². The van der Waals surface area contributed by atoms with Crippen molar-refractivity contribution >= 4 is 28.3 Å². The highest BCUT2D eigenvalue weighted by Gasteiger charge is 2.18. The van der Waals surface area contributed by atoms with Crippen LogP contribution in [0.1, 0.15) is 17.3 Å². The van der Waals surface area contributed by atoms with Gasteiger partial charge in [0.15, 0.2) is 5.13 Å². The van der Waals surface area contributed by atoms with Crippen LogP contribution in [0.2, 0.25) is 0 Å². The fraction of sp³-hybridized carbons (Fsp3) is 0.150. The molecule has 0 bridgehead atoms. The standard InChI is InChI=1S/C20H19N3O2S/c1-2-23(14-18(24)22-20-21-12-13-26-20)19(25)17-10-8-16(9-11-17)15-6-4-3-5-7-15/h3-13H,2,14H2,1H3,(H,21,22,24). The summed E-state index contributed by atoms with van der Waals surface area (Å²) in [7, 11) is 0. The Balaban J connectivity index is 1.67. The lowest BCUT2D eigenvalue weighted by molar-refractivity contribution is -0.116. The highest BCUT2D eigenvalue weighted by atomic mass is 32.1. The fourth-order valence-corrected chi connectivity index (χ4v) is 3.11. The molecule has 3 rings (SSSR count). The maximum Gasteiger partial charge on any atom is 0.254 e. The lowest BCUT2D eigenvalue weighted by Gasteiger charge is -2.20. The van der Waals surface area contributed by atoms with Crippen LogP contribution >= 0.6 is 11.3 Å². The van der Waals surface area contributed by atoms with E-state index < -0.39 is 0 Å². The zero-order chi connectivity index (χ0) is 18.4. The number of benzene rings is 2. The highest BCUT2D eigenvalue weighted by molar-refractivity contribution is 7.13. The largest absolute Gasteiger partial charge is 0.330 e. The summed E-state index contributed by atoms with van der Waals surface area (Å²) in [6, 6.07) is 17.4. The molecule has 0 aliphatic rings. The SMILES string of the molecule is CCN(CC(=O)Nc1nccs1)C(=O)c1ccc(-c2ccccc2)cc1. The molecule has 2 aromatic carbocycles. The number of carbonyl (C=O) groups excluding carboxylic acids is 2. The van der Waals surface area contributed by atoms with Crippen LogP contribution in [-0.2, 0) is 4.79 Å². The van der Waals surface area contributed by atoms with Crippen molar-refractivity contribution in [2.24, 2.45) is 0 Å². The van der Waals surface area contributed by atoms with Crippen molar-refractivity contribution in [3.63, 3.8) is 0 Å². The molecular formula is C20H19N3O2S. The Morgan fingerprint density at radius 3 is 2.35 bits per heavy atom. The van der Waals surface area contributed by atoms with Gasteiger partial charge in [-0.25, -0.2) is 4.98 Å². The second-order valence-electron chi connectivity index (χ2n) is 5.65. The predicted molar refractivity (Wildman–Crippen MR) is 104 cm³/mol. The topological polar surface area (TPSA) is 62.3 Å². The first-order valence-electron chi connectivity index (χ1n) is 8.31. The summed E-state index contributed by atoms with van der Waals surface area (Å²) in [6.07, 6.45) is 1.62. The van der Waals surface area contributed by atoms with Gasteiger partial charge in [0.1, 0.15) is 6.54 Å². The Hall–Kier alpha value is -2.99. The Bertz CT molecular complexity index is 862. The number of carbonyl (C=O) groups is 2. The van der Waals surface area contributed by atoms with Gasteiger partial charge in [-0.15, -0.1) is 11.3 Å². The second-order valence-corrected chi connectivity index (χ2v) is 6.54. The summed E-state index contributed by atoms with van der Waals surface area (Å²) >= 11 is 1.34. The molecule has 1 aromatic heterocycles. The van der Waals surface area contributed by atoms with Gasteiger partial charge in [-0.2, -0.15) is 0 Å². The average molecular weight is 365 g/mol. The zero-order valence-corrected chi connectivity index (χ0v) is 15.2. The van der Waals surface area contributed by atoms with Crippen molar-refractivity contribution < 1.29 is 9.59 Å². The summed E-state index contributed by atoms with van der Waals surface area (Å²) < 4.78 is 0. The third-order valence-electron chi connectivity index (χ3n) is 3.92. The normalized spacial score (nSPS) is 10.3. The Labute approximate surface area is 156 Å². The minimum atomic E-state index is -0.254. The van der Waals surface area contributed by atoms with Gasteiger partial charge in [-0.1, -0.05) is 42.5 Å². The molecule has 0 fully saturated rings. The van der Waals surface area contributed by atoms with Gasteiger partial charge < -0.3 is 10.2 Å². The number of thiazole rings is 1. The lowest BCUT2D eigenvalue weighted by Crippen LogP contribution is -2.37. The molecule has 0 aliphatic carbocycles. The molecule has 0 unspecified atom stereocenters. The summed E-state index contributed by atoms with van der Waals surface area (Å²) in [6.45, 7) is 2.30. The fourth-order valence-electron chi connectivity index (χ4n) is 2.56. The minimum Gasteiger partial charge on any atom is -0.330 e. The predicted octanol–water partition coefficient (Wildman–Crippen LogP) is 3.91. The van der Waals surface area contributed by atoms with Gasteiger partial charge >= 0.3 is 0 Å². The number of hydrogen-bond acceptors (Lipinski definition) is 4. The molecule has 26 heavy (non-hydrogen) atoms. The van der Waals surface area contributed by atoms with Crippen LogP contribution in [0.15, 0.2) is 66.2 Å². The van der Waals surface area contributed by atoms with Crippen LogP contribution < -0.4 is 5.32 Å². The van der Waals surface area contributed by atoms with Gasteiger partial charge in [-0.05, 0) is 30.2 Å². The monoisotopic (exact) mass is 365 g/mol. The molecule has 5 nitrogen and oxygen atoms in total. The average Bonchev–Trinajstić information content (AvgIpc) is 3.19. The molecule has 0 saturated carbocycles. The third-order valence-corrected chi connectivity index (χ3v) is 4.61. The summed E-state index contributed by atoms with van der Waals surface area (Å²) in [5.74, 6) is -0.419. The van der Waals surface area contributed by atoms with Crippen LogP contribution in [-0.4, -0.2) is 34.8 Å². The first kappa shape index (κ1) is 17.8. The number of nitrogens with one attached hydrogen (secondary N) is 1. The molecule has 3 aromatic rings. The Kier molecular flexibility index (Phi) is 5.76. The van der Waals surface area contributed by atoms with Gasteiger partial charge in [0.25, 0.3) is 5.91 Å². The quantitative estimate of drug-likeness (QED) is 0.720. The molecule has 1 heterocycles. The van der Waals surface area contributed by atoms with Crippen LogP contribution in [0.25, 0.3) is 11.1 Å². The Morgan fingerprint density at radius 1 is 1.04 bits per heavy atom. The maximum absolute atomic E-state index is 12.7. The molecule has 6 heteroatoms. The van der Waals surface area contributed by atoms with Crippen LogP contribution in [0.4, 0.5) is 5.13 Å². The highest BCUT2D eigenvalue weighted by Crippen LogP contribution is 2.20. The lowest BCUT2D eigenvalue weighted by atomic mass is 10.0. The number of nitrogens with zero attached hydrogens (tertiary/aromatic N) is 2. The minimum absolute atomic E-state index is 0.00461. The summed E-state index contributed by atoms with van der Waals surface area (Å²) in [5.41, 5.74) is 2.71. The number of rotatable bonds is 6. The van der Waals surface area contributed by atoms with E-state index in [2.05, 4.69) is 10.3 Å². The molecular weight excluding hydrogens is 346 g/mol. The van der Waals surface area contributed by atoms with E-state index in [-0.39, 0.29) is 18.4 Å². The van der Waals surface area contributed by atoms with Crippen molar-refractivity contribution in [1.82, 2.24) is 9.88 Å². The summed E-state index contributed by atoms with van der Waals surface area (Å²) in [4.78, 5) is 30.3. The van der Waals surface area contributed by atoms with E-state index in [0.29, 0.717) is 17.2 Å². The molecule has 0 atom stereocenters. The van der Waals surface area contributed by atoms with Crippen molar-refractivity contribution in [1.29, 1.82) is 0 Å². The first-order valence-corrected chi connectivity index (χ1v) is 9.19. The summed E-state index contributed by atoms with van der Waals surface area (Å²) in [5, 5.41) is 5.02. The van der Waals surface area contributed by atoms with E-state index in [1.54, 1.807) is 23.7 Å². The van der Waals surface area contributed by atoms with E-state index in [9.17, 15) is 9.59 Å². The molecule has 0 aliphatic heterocycles. The molecule has 132 valence electrons. The van der Waals surface area contributed by atoms with Crippen molar-refractivity contribution in [2.45, 2.75) is 6.92 Å². The number of likely N-dealkylation sites (N-methyl/N-ethyl adjacent to an activating group) is 1.